The highest BCUT2D eigenvalue weighted by atomic mass is 19.1. The van der Waals surface area contributed by atoms with Crippen molar-refractivity contribution in [3.8, 4) is 11.5 Å². The van der Waals surface area contributed by atoms with Crippen LogP contribution in [0.3, 0.4) is 0 Å². The third-order valence-corrected chi connectivity index (χ3v) is 4.31. The molecule has 2 heterocycles. The topological polar surface area (TPSA) is 72.5 Å². The normalized spacial score (nSPS) is 11.9. The van der Waals surface area contributed by atoms with Crippen LogP contribution in [0.15, 0.2) is 60.8 Å². The summed E-state index contributed by atoms with van der Waals surface area (Å²) >= 11 is 0. The number of anilines is 2. The first kappa shape index (κ1) is 17.8. The van der Waals surface area contributed by atoms with E-state index in [1.54, 1.807) is 30.3 Å². The zero-order valence-corrected chi connectivity index (χ0v) is 14.9. The molecule has 4 rings (SSSR count). The van der Waals surface area contributed by atoms with E-state index in [1.165, 1.54) is 12.3 Å². The van der Waals surface area contributed by atoms with Crippen molar-refractivity contribution >= 4 is 17.4 Å². The van der Waals surface area contributed by atoms with E-state index < -0.39 is 0 Å². The van der Waals surface area contributed by atoms with E-state index in [9.17, 15) is 9.18 Å². The Kier molecular flexibility index (Phi) is 5.05. The lowest BCUT2D eigenvalue weighted by atomic mass is 10.1. The molecule has 0 fully saturated rings. The molecular formula is C21H18FN3O3. The molecule has 0 saturated carbocycles. The summed E-state index contributed by atoms with van der Waals surface area (Å²) < 4.78 is 24.2. The molecule has 2 N–H and O–H groups in total. The summed E-state index contributed by atoms with van der Waals surface area (Å²) in [5.74, 6) is 1.47. The summed E-state index contributed by atoms with van der Waals surface area (Å²) in [5.41, 5.74) is 1.81. The molecule has 0 aliphatic carbocycles. The SMILES string of the molecule is O=C(NCCc1ccccc1F)c1ccc(Nc2ccc3c(c2)OCO3)nc1. The van der Waals surface area contributed by atoms with Crippen LogP contribution in [-0.4, -0.2) is 24.2 Å². The van der Waals surface area contributed by atoms with Crippen LogP contribution < -0.4 is 20.1 Å². The Morgan fingerprint density at radius 2 is 1.93 bits per heavy atom. The molecule has 0 unspecified atom stereocenters. The monoisotopic (exact) mass is 379 g/mol. The van der Waals surface area contributed by atoms with E-state index >= 15 is 0 Å². The van der Waals surface area contributed by atoms with Crippen LogP contribution in [0.5, 0.6) is 11.5 Å². The van der Waals surface area contributed by atoms with Crippen molar-refractivity contribution in [2.45, 2.75) is 6.42 Å². The molecule has 0 atom stereocenters. The second-order valence-electron chi connectivity index (χ2n) is 6.22. The van der Waals surface area contributed by atoms with Crippen molar-refractivity contribution in [1.82, 2.24) is 10.3 Å². The van der Waals surface area contributed by atoms with E-state index in [0.717, 1.165) is 5.69 Å². The van der Waals surface area contributed by atoms with Gasteiger partial charge < -0.3 is 20.1 Å². The van der Waals surface area contributed by atoms with E-state index in [0.29, 0.717) is 41.4 Å². The van der Waals surface area contributed by atoms with Gasteiger partial charge in [0, 0.05) is 24.5 Å². The van der Waals surface area contributed by atoms with Gasteiger partial charge in [-0.3, -0.25) is 4.79 Å². The number of nitrogens with zero attached hydrogens (tertiary/aromatic N) is 1. The summed E-state index contributed by atoms with van der Waals surface area (Å²) in [6.07, 6.45) is 1.92. The van der Waals surface area contributed by atoms with Gasteiger partial charge in [0.25, 0.3) is 5.91 Å². The highest BCUT2D eigenvalue weighted by Gasteiger charge is 2.13. The van der Waals surface area contributed by atoms with Crippen molar-refractivity contribution in [1.29, 1.82) is 0 Å². The number of rotatable bonds is 6. The third kappa shape index (κ3) is 4.03. The first-order valence-corrected chi connectivity index (χ1v) is 8.83. The van der Waals surface area contributed by atoms with Crippen LogP contribution >= 0.6 is 0 Å². The Balaban J connectivity index is 1.32. The summed E-state index contributed by atoms with van der Waals surface area (Å²) in [5, 5.41) is 5.93. The van der Waals surface area contributed by atoms with Crippen molar-refractivity contribution in [2.24, 2.45) is 0 Å². The standard InChI is InChI=1S/C21H18FN3O3/c22-17-4-2-1-3-14(17)9-10-23-21(26)15-5-8-20(24-12-15)25-16-6-7-18-19(11-16)28-13-27-18/h1-8,11-12H,9-10,13H2,(H,23,26)(H,24,25). The molecule has 2 aromatic carbocycles. The van der Waals surface area contributed by atoms with Gasteiger partial charge in [0.05, 0.1) is 5.56 Å². The minimum atomic E-state index is -0.266. The van der Waals surface area contributed by atoms with Gasteiger partial charge in [-0.1, -0.05) is 18.2 Å². The summed E-state index contributed by atoms with van der Waals surface area (Å²) in [6.45, 7) is 0.564. The Morgan fingerprint density at radius 3 is 2.75 bits per heavy atom. The number of hydrogen-bond acceptors (Lipinski definition) is 5. The summed E-state index contributed by atoms with van der Waals surface area (Å²) in [6, 6.07) is 15.4. The Morgan fingerprint density at radius 1 is 1.07 bits per heavy atom. The smallest absolute Gasteiger partial charge is 0.252 e. The largest absolute Gasteiger partial charge is 0.454 e. The number of fused-ring (bicyclic) bond motifs is 1. The Hall–Kier alpha value is -3.61. The van der Waals surface area contributed by atoms with Crippen molar-refractivity contribution in [2.75, 3.05) is 18.7 Å². The molecule has 1 amide bonds. The summed E-state index contributed by atoms with van der Waals surface area (Å²) in [7, 11) is 0. The van der Waals surface area contributed by atoms with Gasteiger partial charge in [0.15, 0.2) is 11.5 Å². The fourth-order valence-electron chi connectivity index (χ4n) is 2.84. The van der Waals surface area contributed by atoms with Gasteiger partial charge in [-0.2, -0.15) is 0 Å². The number of ether oxygens (including phenoxy) is 2. The number of benzene rings is 2. The molecule has 3 aromatic rings. The van der Waals surface area contributed by atoms with Crippen LogP contribution in [0.25, 0.3) is 0 Å². The molecule has 0 saturated heterocycles. The third-order valence-electron chi connectivity index (χ3n) is 4.31. The van der Waals surface area contributed by atoms with Gasteiger partial charge in [-0.05, 0) is 42.3 Å². The number of carbonyl (C=O) groups excluding carboxylic acids is 1. The van der Waals surface area contributed by atoms with Crippen LogP contribution in [0.4, 0.5) is 15.9 Å². The van der Waals surface area contributed by atoms with Crippen molar-refractivity contribution < 1.29 is 18.7 Å². The quantitative estimate of drug-likeness (QED) is 0.684. The Labute approximate surface area is 161 Å². The van der Waals surface area contributed by atoms with Crippen LogP contribution in [0, 0.1) is 5.82 Å². The lowest BCUT2D eigenvalue weighted by Crippen LogP contribution is -2.26. The molecular weight excluding hydrogens is 361 g/mol. The fraction of sp³-hybridized carbons (Fsp3) is 0.143. The zero-order chi connectivity index (χ0) is 19.3. The first-order chi connectivity index (χ1) is 13.7. The predicted molar refractivity (Wildman–Crippen MR) is 103 cm³/mol. The number of carbonyl (C=O) groups is 1. The molecule has 1 aliphatic rings. The minimum absolute atomic E-state index is 0.220. The second kappa shape index (κ2) is 7.96. The zero-order valence-electron chi connectivity index (χ0n) is 14.9. The molecule has 7 heteroatoms. The minimum Gasteiger partial charge on any atom is -0.454 e. The van der Waals surface area contributed by atoms with Crippen LogP contribution in [-0.2, 0) is 6.42 Å². The molecule has 28 heavy (non-hydrogen) atoms. The molecule has 1 aromatic heterocycles. The number of nitrogens with one attached hydrogen (secondary N) is 2. The van der Waals surface area contributed by atoms with Gasteiger partial charge in [-0.15, -0.1) is 0 Å². The van der Waals surface area contributed by atoms with Crippen LogP contribution in [0.1, 0.15) is 15.9 Å². The lowest BCUT2D eigenvalue weighted by molar-refractivity contribution is 0.0953. The van der Waals surface area contributed by atoms with Gasteiger partial charge >= 0.3 is 0 Å². The number of pyridine rings is 1. The van der Waals surface area contributed by atoms with E-state index in [-0.39, 0.29) is 18.5 Å². The maximum atomic E-state index is 13.6. The average molecular weight is 379 g/mol. The lowest BCUT2D eigenvalue weighted by Gasteiger charge is -2.08. The number of hydrogen-bond donors (Lipinski definition) is 2. The van der Waals surface area contributed by atoms with Crippen molar-refractivity contribution in [3.63, 3.8) is 0 Å². The molecule has 0 bridgehead atoms. The summed E-state index contributed by atoms with van der Waals surface area (Å²) in [4.78, 5) is 16.5. The Bertz CT molecular complexity index is 992. The molecule has 0 spiro atoms. The maximum Gasteiger partial charge on any atom is 0.252 e. The van der Waals surface area contributed by atoms with E-state index in [4.69, 9.17) is 9.47 Å². The molecule has 6 nitrogen and oxygen atoms in total. The fourth-order valence-corrected chi connectivity index (χ4v) is 2.84. The van der Waals surface area contributed by atoms with Gasteiger partial charge in [0.1, 0.15) is 11.6 Å². The second-order valence-corrected chi connectivity index (χ2v) is 6.22. The van der Waals surface area contributed by atoms with Gasteiger partial charge in [-0.25, -0.2) is 9.37 Å². The molecule has 1 aliphatic heterocycles. The molecule has 142 valence electrons. The highest BCUT2D eigenvalue weighted by molar-refractivity contribution is 5.94. The van der Waals surface area contributed by atoms with E-state index in [2.05, 4.69) is 15.6 Å². The molecule has 0 radical (unpaired) electrons. The average Bonchev–Trinajstić information content (AvgIpc) is 3.18. The first-order valence-electron chi connectivity index (χ1n) is 8.83. The van der Waals surface area contributed by atoms with Gasteiger partial charge in [0.2, 0.25) is 6.79 Å². The van der Waals surface area contributed by atoms with E-state index in [1.807, 2.05) is 18.2 Å². The number of halogens is 1. The maximum absolute atomic E-state index is 13.6. The number of aromatic nitrogens is 1. The van der Waals surface area contributed by atoms with Crippen LogP contribution in [0.2, 0.25) is 0 Å². The number of amides is 1. The predicted octanol–water partition coefficient (Wildman–Crippen LogP) is 3.67. The highest BCUT2D eigenvalue weighted by Crippen LogP contribution is 2.34. The van der Waals surface area contributed by atoms with Crippen molar-refractivity contribution in [3.05, 3.63) is 77.7 Å².